The zero-order valence-corrected chi connectivity index (χ0v) is 17.8. The molecule has 1 aromatic carbocycles. The second kappa shape index (κ2) is 8.99. The van der Waals surface area contributed by atoms with Gasteiger partial charge in [-0.3, -0.25) is 0 Å². The molecule has 3 rings (SSSR count). The number of nitrogens with one attached hydrogen (secondary N) is 2. The minimum Gasteiger partial charge on any atom is -0.335 e. The predicted octanol–water partition coefficient (Wildman–Crippen LogP) is 1.12. The van der Waals surface area contributed by atoms with Crippen LogP contribution in [0.1, 0.15) is 44.9 Å². The number of amides is 2. The Balaban J connectivity index is 1.56. The highest BCUT2D eigenvalue weighted by molar-refractivity contribution is 7.90. The molecule has 2 aliphatic rings. The number of sulfonamides is 2. The molecule has 1 saturated heterocycles. The predicted molar refractivity (Wildman–Crippen MR) is 108 cm³/mol. The van der Waals surface area contributed by atoms with Crippen molar-refractivity contribution in [2.45, 2.75) is 66.8 Å². The highest BCUT2D eigenvalue weighted by Crippen LogP contribution is 2.23. The Morgan fingerprint density at radius 1 is 0.897 bits per heavy atom. The van der Waals surface area contributed by atoms with E-state index < -0.39 is 20.0 Å². The molecule has 4 N–H and O–H groups in total. The SMILES string of the molecule is NS(=O)(=O)c1cccc(S(=O)(=O)N2CCC(NC(=O)NC3CCCCC3)CC2)c1. The number of hydrogen-bond donors (Lipinski definition) is 3. The molecule has 1 heterocycles. The standard InChI is InChI=1S/C18H28N4O5S2/c19-28(24,25)16-7-4-8-17(13-16)29(26,27)22-11-9-15(10-12-22)21-18(23)20-14-5-2-1-3-6-14/h4,7-8,13-15H,1-3,5-6,9-12H2,(H2,19,24,25)(H2,20,21,23). The van der Waals surface area contributed by atoms with Gasteiger partial charge in [0.05, 0.1) is 9.79 Å². The van der Waals surface area contributed by atoms with Crippen molar-refractivity contribution in [3.05, 3.63) is 24.3 Å². The molecule has 0 radical (unpaired) electrons. The summed E-state index contributed by atoms with van der Waals surface area (Å²) in [5.41, 5.74) is 0. The minimum atomic E-state index is -3.99. The van der Waals surface area contributed by atoms with E-state index in [-0.39, 0.29) is 41.0 Å². The monoisotopic (exact) mass is 444 g/mol. The molecule has 9 nitrogen and oxygen atoms in total. The van der Waals surface area contributed by atoms with Gasteiger partial charge in [-0.2, -0.15) is 4.31 Å². The highest BCUT2D eigenvalue weighted by atomic mass is 32.2. The molecule has 0 unspecified atom stereocenters. The molecular formula is C18H28N4O5S2. The van der Waals surface area contributed by atoms with Gasteiger partial charge in [-0.05, 0) is 43.9 Å². The molecule has 1 aromatic rings. The van der Waals surface area contributed by atoms with Crippen LogP contribution in [-0.4, -0.2) is 52.3 Å². The van der Waals surface area contributed by atoms with Gasteiger partial charge in [0.15, 0.2) is 0 Å². The third kappa shape index (κ3) is 5.68. The average molecular weight is 445 g/mol. The third-order valence-corrected chi connectivity index (χ3v) is 8.31. The Hall–Kier alpha value is -1.69. The zero-order valence-electron chi connectivity index (χ0n) is 16.2. The van der Waals surface area contributed by atoms with Gasteiger partial charge < -0.3 is 10.6 Å². The van der Waals surface area contributed by atoms with Crippen LogP contribution in [0, 0.1) is 0 Å². The highest BCUT2D eigenvalue weighted by Gasteiger charge is 2.31. The number of hydrogen-bond acceptors (Lipinski definition) is 5. The fourth-order valence-electron chi connectivity index (χ4n) is 3.86. The summed E-state index contributed by atoms with van der Waals surface area (Å²) >= 11 is 0. The molecule has 0 aromatic heterocycles. The maximum absolute atomic E-state index is 12.8. The fourth-order valence-corrected chi connectivity index (χ4v) is 6.01. The van der Waals surface area contributed by atoms with E-state index in [2.05, 4.69) is 10.6 Å². The summed E-state index contributed by atoms with van der Waals surface area (Å²) in [7, 11) is -7.82. The van der Waals surface area contributed by atoms with Crippen molar-refractivity contribution < 1.29 is 21.6 Å². The number of carbonyl (C=O) groups is 1. The summed E-state index contributed by atoms with van der Waals surface area (Å²) in [6.07, 6.45) is 6.47. The first-order chi connectivity index (χ1) is 13.7. The van der Waals surface area contributed by atoms with Gasteiger partial charge in [0.1, 0.15) is 0 Å². The summed E-state index contributed by atoms with van der Waals surface area (Å²) in [6.45, 7) is 0.493. The van der Waals surface area contributed by atoms with E-state index in [9.17, 15) is 21.6 Å². The van der Waals surface area contributed by atoms with Gasteiger partial charge >= 0.3 is 6.03 Å². The lowest BCUT2D eigenvalue weighted by atomic mass is 9.96. The molecule has 162 valence electrons. The van der Waals surface area contributed by atoms with Gasteiger partial charge in [-0.1, -0.05) is 25.3 Å². The molecule has 29 heavy (non-hydrogen) atoms. The number of nitrogens with two attached hydrogens (primary N) is 1. The first-order valence-electron chi connectivity index (χ1n) is 9.86. The molecule has 0 atom stereocenters. The molecular weight excluding hydrogens is 416 g/mol. The molecule has 1 aliphatic carbocycles. The molecule has 1 saturated carbocycles. The summed E-state index contributed by atoms with van der Waals surface area (Å²) in [6, 6.07) is 4.97. The Kier molecular flexibility index (Phi) is 6.82. The van der Waals surface area contributed by atoms with Crippen molar-refractivity contribution in [3.8, 4) is 0 Å². The number of urea groups is 1. The lowest BCUT2D eigenvalue weighted by Gasteiger charge is -2.32. The van der Waals surface area contributed by atoms with E-state index in [1.54, 1.807) is 0 Å². The molecule has 1 aliphatic heterocycles. The van der Waals surface area contributed by atoms with Crippen LogP contribution in [0.5, 0.6) is 0 Å². The molecule has 2 fully saturated rings. The van der Waals surface area contributed by atoms with Gasteiger partial charge in [-0.25, -0.2) is 26.8 Å². The average Bonchev–Trinajstić information content (AvgIpc) is 2.68. The Bertz CT molecular complexity index is 935. The van der Waals surface area contributed by atoms with Crippen molar-refractivity contribution >= 4 is 26.1 Å². The summed E-state index contributed by atoms with van der Waals surface area (Å²) in [5.74, 6) is 0. The number of carbonyl (C=O) groups excluding carboxylic acids is 1. The van der Waals surface area contributed by atoms with Crippen molar-refractivity contribution in [1.29, 1.82) is 0 Å². The van der Waals surface area contributed by atoms with Crippen LogP contribution < -0.4 is 15.8 Å². The van der Waals surface area contributed by atoms with E-state index in [0.29, 0.717) is 12.8 Å². The van der Waals surface area contributed by atoms with E-state index in [0.717, 1.165) is 31.7 Å². The number of nitrogens with zero attached hydrogens (tertiary/aromatic N) is 1. The van der Waals surface area contributed by atoms with E-state index >= 15 is 0 Å². The number of primary sulfonamides is 1. The maximum atomic E-state index is 12.8. The number of piperidine rings is 1. The van der Waals surface area contributed by atoms with Crippen molar-refractivity contribution in [1.82, 2.24) is 14.9 Å². The smallest absolute Gasteiger partial charge is 0.315 e. The van der Waals surface area contributed by atoms with E-state index in [4.69, 9.17) is 5.14 Å². The van der Waals surface area contributed by atoms with Gasteiger partial charge in [-0.15, -0.1) is 0 Å². The fraction of sp³-hybridized carbons (Fsp3) is 0.611. The molecule has 0 spiro atoms. The summed E-state index contributed by atoms with van der Waals surface area (Å²) in [5, 5.41) is 11.0. The van der Waals surface area contributed by atoms with Crippen molar-refractivity contribution in [2.24, 2.45) is 5.14 Å². The van der Waals surface area contributed by atoms with Crippen LogP contribution in [0.2, 0.25) is 0 Å². The normalized spacial score (nSPS) is 20.3. The van der Waals surface area contributed by atoms with Gasteiger partial charge in [0.25, 0.3) is 0 Å². The minimum absolute atomic E-state index is 0.0965. The van der Waals surface area contributed by atoms with E-state index in [1.807, 2.05) is 0 Å². The van der Waals surface area contributed by atoms with Crippen LogP contribution in [0.15, 0.2) is 34.1 Å². The maximum Gasteiger partial charge on any atom is 0.315 e. The Morgan fingerprint density at radius 2 is 1.45 bits per heavy atom. The molecule has 11 heteroatoms. The van der Waals surface area contributed by atoms with Crippen molar-refractivity contribution in [2.75, 3.05) is 13.1 Å². The van der Waals surface area contributed by atoms with Crippen LogP contribution in [0.25, 0.3) is 0 Å². The molecule has 2 amide bonds. The molecule has 0 bridgehead atoms. The van der Waals surface area contributed by atoms with Crippen LogP contribution in [-0.2, 0) is 20.0 Å². The van der Waals surface area contributed by atoms with Crippen molar-refractivity contribution in [3.63, 3.8) is 0 Å². The van der Waals surface area contributed by atoms with Crippen LogP contribution in [0.4, 0.5) is 4.79 Å². The Morgan fingerprint density at radius 3 is 2.03 bits per heavy atom. The Labute approximate surface area is 172 Å². The lowest BCUT2D eigenvalue weighted by molar-refractivity contribution is 0.220. The first-order valence-corrected chi connectivity index (χ1v) is 12.8. The zero-order chi connectivity index (χ0) is 21.1. The summed E-state index contributed by atoms with van der Waals surface area (Å²) in [4.78, 5) is 11.8. The third-order valence-electron chi connectivity index (χ3n) is 5.50. The van der Waals surface area contributed by atoms with Gasteiger partial charge in [0.2, 0.25) is 20.0 Å². The quantitative estimate of drug-likeness (QED) is 0.625. The largest absolute Gasteiger partial charge is 0.335 e. The summed E-state index contributed by atoms with van der Waals surface area (Å²) < 4.78 is 50.0. The van der Waals surface area contributed by atoms with Crippen LogP contribution in [0.3, 0.4) is 0 Å². The van der Waals surface area contributed by atoms with Crippen LogP contribution >= 0.6 is 0 Å². The van der Waals surface area contributed by atoms with E-state index in [1.165, 1.54) is 28.9 Å². The topological polar surface area (TPSA) is 139 Å². The number of rotatable bonds is 5. The number of benzene rings is 1. The second-order valence-electron chi connectivity index (χ2n) is 7.65. The first kappa shape index (κ1) is 22.0. The van der Waals surface area contributed by atoms with Gasteiger partial charge in [0, 0.05) is 25.2 Å². The lowest BCUT2D eigenvalue weighted by Crippen LogP contribution is -2.51. The second-order valence-corrected chi connectivity index (χ2v) is 11.2.